The number of hydrazine groups is 1. The summed E-state index contributed by atoms with van der Waals surface area (Å²) in [5.74, 6) is -1.23. The second kappa shape index (κ2) is 8.49. The molecule has 178 valence electrons. The van der Waals surface area contributed by atoms with Gasteiger partial charge in [0.05, 0.1) is 12.2 Å². The molecule has 0 unspecified atom stereocenters. The zero-order valence-electron chi connectivity index (χ0n) is 19.3. The monoisotopic (exact) mass is 478 g/mol. The molecule has 0 saturated heterocycles. The van der Waals surface area contributed by atoms with Gasteiger partial charge in [0, 0.05) is 22.2 Å². The Morgan fingerprint density at radius 3 is 2.44 bits per heavy atom. The second-order valence-electron chi connectivity index (χ2n) is 9.05. The Kier molecular flexibility index (Phi) is 5.14. The predicted octanol–water partition coefficient (Wildman–Crippen LogP) is 3.25. The van der Waals surface area contributed by atoms with Crippen molar-refractivity contribution in [3.63, 3.8) is 0 Å². The van der Waals surface area contributed by atoms with Gasteiger partial charge in [0.25, 0.3) is 23.3 Å². The molecule has 0 fully saturated rings. The number of aryl methyl sites for hydroxylation is 2. The number of nitrogens with one attached hydrogen (secondary N) is 3. The van der Waals surface area contributed by atoms with Crippen molar-refractivity contribution in [1.82, 2.24) is 15.8 Å². The number of fused-ring (bicyclic) bond motifs is 1. The van der Waals surface area contributed by atoms with Crippen LogP contribution < -0.4 is 21.3 Å². The van der Waals surface area contributed by atoms with Gasteiger partial charge in [-0.25, -0.2) is 0 Å². The normalized spacial score (nSPS) is 13.7. The summed E-state index contributed by atoms with van der Waals surface area (Å²) in [5.41, 5.74) is 8.77. The van der Waals surface area contributed by atoms with Crippen molar-refractivity contribution in [3.8, 4) is 0 Å². The second-order valence-corrected chi connectivity index (χ2v) is 9.05. The minimum absolute atomic E-state index is 0.0300. The van der Waals surface area contributed by atoms with Gasteiger partial charge in [0.1, 0.15) is 5.56 Å². The minimum atomic E-state index is -0.669. The Balaban J connectivity index is 1.12. The molecule has 0 bridgehead atoms. The molecule has 36 heavy (non-hydrogen) atoms. The van der Waals surface area contributed by atoms with Crippen LogP contribution in [0.1, 0.15) is 54.3 Å². The van der Waals surface area contributed by atoms with E-state index in [1.54, 1.807) is 35.2 Å². The van der Waals surface area contributed by atoms with Crippen LogP contribution in [-0.2, 0) is 19.4 Å². The smallest absolute Gasteiger partial charge is 0.275 e. The number of aromatic amines is 1. The molecule has 6 rings (SSSR count). The van der Waals surface area contributed by atoms with Crippen LogP contribution in [0.3, 0.4) is 0 Å². The number of hydrogen-bond acceptors (Lipinski definition) is 4. The number of pyridine rings is 1. The van der Waals surface area contributed by atoms with Gasteiger partial charge in [-0.2, -0.15) is 0 Å². The lowest BCUT2D eigenvalue weighted by Crippen LogP contribution is -2.43. The largest absolute Gasteiger partial charge is 0.325 e. The fourth-order valence-corrected chi connectivity index (χ4v) is 5.02. The van der Waals surface area contributed by atoms with Gasteiger partial charge in [-0.3, -0.25) is 30.0 Å². The highest BCUT2D eigenvalue weighted by molar-refractivity contribution is 6.24. The number of anilines is 1. The predicted molar refractivity (Wildman–Crippen MR) is 135 cm³/mol. The van der Waals surface area contributed by atoms with Crippen molar-refractivity contribution in [3.05, 3.63) is 111 Å². The standard InChI is InChI=1S/C28H22N4O4/c33-25(30-31-27(35)21-14-19-6-2-8-22(19)29-26(21)34)18-12-10-16(11-13-18)15-32-23-9-3-5-17-4-1-7-20(24(17)23)28(32)36/h1,3-5,7,9-14H,2,6,8,15H2,(H,29,34)(H,30,33)(H,31,35). The van der Waals surface area contributed by atoms with Crippen molar-refractivity contribution in [2.45, 2.75) is 25.8 Å². The van der Waals surface area contributed by atoms with E-state index in [9.17, 15) is 19.2 Å². The van der Waals surface area contributed by atoms with E-state index in [0.29, 0.717) is 17.7 Å². The first-order valence-corrected chi connectivity index (χ1v) is 11.8. The number of carbonyl (C=O) groups is 3. The third-order valence-electron chi connectivity index (χ3n) is 6.83. The average molecular weight is 479 g/mol. The molecule has 0 saturated carbocycles. The van der Waals surface area contributed by atoms with E-state index in [4.69, 9.17) is 0 Å². The zero-order chi connectivity index (χ0) is 24.8. The molecule has 2 heterocycles. The highest BCUT2D eigenvalue weighted by Crippen LogP contribution is 2.37. The average Bonchev–Trinajstić information content (AvgIpc) is 3.46. The highest BCUT2D eigenvalue weighted by Gasteiger charge is 2.29. The summed E-state index contributed by atoms with van der Waals surface area (Å²) in [6.07, 6.45) is 2.56. The molecular weight excluding hydrogens is 456 g/mol. The first-order chi connectivity index (χ1) is 17.5. The third-order valence-corrected chi connectivity index (χ3v) is 6.83. The topological polar surface area (TPSA) is 111 Å². The van der Waals surface area contributed by atoms with Gasteiger partial charge in [0.2, 0.25) is 0 Å². The molecule has 3 aromatic carbocycles. The maximum atomic E-state index is 13.0. The van der Waals surface area contributed by atoms with E-state index in [0.717, 1.165) is 52.5 Å². The number of hydrogen-bond donors (Lipinski definition) is 3. The zero-order valence-corrected chi connectivity index (χ0v) is 19.3. The number of rotatable bonds is 4. The van der Waals surface area contributed by atoms with E-state index in [1.807, 2.05) is 36.4 Å². The Labute approximate surface area is 205 Å². The summed E-state index contributed by atoms with van der Waals surface area (Å²) < 4.78 is 0. The molecule has 0 atom stereocenters. The minimum Gasteiger partial charge on any atom is -0.325 e. The maximum Gasteiger partial charge on any atom is 0.275 e. The number of aromatic nitrogens is 1. The SMILES string of the molecule is O=C(NNC(=O)c1cc2c([nH]c1=O)CCC2)c1ccc(CN2C(=O)c3cccc4cccc2c34)cc1. The molecular formula is C28H22N4O4. The Bertz CT molecular complexity index is 1620. The van der Waals surface area contributed by atoms with E-state index >= 15 is 0 Å². The van der Waals surface area contributed by atoms with E-state index in [2.05, 4.69) is 15.8 Å². The molecule has 1 aliphatic carbocycles. The molecule has 8 heteroatoms. The van der Waals surface area contributed by atoms with Gasteiger partial charge in [0.15, 0.2) is 0 Å². The summed E-state index contributed by atoms with van der Waals surface area (Å²) in [5, 5.41) is 1.98. The molecule has 3 N–H and O–H groups in total. The van der Waals surface area contributed by atoms with Gasteiger partial charge in [-0.05, 0) is 66.1 Å². The summed E-state index contributed by atoms with van der Waals surface area (Å²) >= 11 is 0. The van der Waals surface area contributed by atoms with Crippen LogP contribution in [0.4, 0.5) is 5.69 Å². The third kappa shape index (κ3) is 3.63. The summed E-state index contributed by atoms with van der Waals surface area (Å²) in [4.78, 5) is 54.7. The number of carbonyl (C=O) groups excluding carboxylic acids is 3. The molecule has 1 aromatic heterocycles. The van der Waals surface area contributed by atoms with Crippen LogP contribution >= 0.6 is 0 Å². The van der Waals surface area contributed by atoms with Crippen LogP contribution in [0.25, 0.3) is 10.8 Å². The fraction of sp³-hybridized carbons (Fsp3) is 0.143. The van der Waals surface area contributed by atoms with Crippen LogP contribution in [0.2, 0.25) is 0 Å². The van der Waals surface area contributed by atoms with Crippen molar-refractivity contribution in [2.24, 2.45) is 0 Å². The van der Waals surface area contributed by atoms with Crippen molar-refractivity contribution >= 4 is 34.2 Å². The lowest BCUT2D eigenvalue weighted by Gasteiger charge is -2.18. The quantitative estimate of drug-likeness (QED) is 0.391. The van der Waals surface area contributed by atoms with Gasteiger partial charge in [-0.15, -0.1) is 0 Å². The van der Waals surface area contributed by atoms with E-state index in [-0.39, 0.29) is 11.5 Å². The van der Waals surface area contributed by atoms with Crippen molar-refractivity contribution in [2.75, 3.05) is 4.90 Å². The molecule has 4 aromatic rings. The molecule has 0 spiro atoms. The first-order valence-electron chi connectivity index (χ1n) is 11.8. The molecule has 3 amide bonds. The fourth-order valence-electron chi connectivity index (χ4n) is 5.02. The van der Waals surface area contributed by atoms with Crippen molar-refractivity contribution < 1.29 is 14.4 Å². The van der Waals surface area contributed by atoms with Crippen LogP contribution in [0, 0.1) is 0 Å². The Morgan fingerprint density at radius 2 is 1.64 bits per heavy atom. The lowest BCUT2D eigenvalue weighted by atomic mass is 10.1. The molecule has 1 aliphatic heterocycles. The lowest BCUT2D eigenvalue weighted by molar-refractivity contribution is 0.0845. The van der Waals surface area contributed by atoms with Gasteiger partial charge in [-0.1, -0.05) is 36.4 Å². The number of H-pyrrole nitrogens is 1. The summed E-state index contributed by atoms with van der Waals surface area (Å²) in [6, 6.07) is 20.0. The number of benzene rings is 3. The van der Waals surface area contributed by atoms with Crippen LogP contribution in [0.15, 0.2) is 71.5 Å². The highest BCUT2D eigenvalue weighted by atomic mass is 16.2. The van der Waals surface area contributed by atoms with Crippen LogP contribution in [0.5, 0.6) is 0 Å². The van der Waals surface area contributed by atoms with Crippen LogP contribution in [-0.4, -0.2) is 22.7 Å². The Morgan fingerprint density at radius 1 is 0.889 bits per heavy atom. The summed E-state index contributed by atoms with van der Waals surface area (Å²) in [7, 11) is 0. The van der Waals surface area contributed by atoms with E-state index in [1.165, 1.54) is 0 Å². The number of amides is 3. The Hall–Kier alpha value is -4.72. The number of nitrogens with zero attached hydrogens (tertiary/aromatic N) is 1. The van der Waals surface area contributed by atoms with Crippen molar-refractivity contribution in [1.29, 1.82) is 0 Å². The molecule has 8 nitrogen and oxygen atoms in total. The summed E-state index contributed by atoms with van der Waals surface area (Å²) in [6.45, 7) is 0.367. The van der Waals surface area contributed by atoms with Gasteiger partial charge < -0.3 is 9.88 Å². The van der Waals surface area contributed by atoms with E-state index < -0.39 is 17.4 Å². The molecule has 0 radical (unpaired) electrons. The maximum absolute atomic E-state index is 13.0. The molecule has 2 aliphatic rings. The van der Waals surface area contributed by atoms with Gasteiger partial charge >= 0.3 is 0 Å². The first kappa shape index (κ1) is 21.8.